The van der Waals surface area contributed by atoms with E-state index >= 15 is 0 Å². The Morgan fingerprint density at radius 3 is 2.76 bits per heavy atom. The van der Waals surface area contributed by atoms with Gasteiger partial charge in [-0.2, -0.15) is 0 Å². The third kappa shape index (κ3) is 1.76. The van der Waals surface area contributed by atoms with Gasteiger partial charge in [0.25, 0.3) is 5.91 Å². The number of carbonyl (C=O) groups excluding carboxylic acids is 1. The molecule has 2 nitrogen and oxygen atoms in total. The first kappa shape index (κ1) is 10.5. The van der Waals surface area contributed by atoms with Crippen molar-refractivity contribution in [3.8, 4) is 0 Å². The monoisotopic (exact) mass is 243 g/mol. The molecule has 0 saturated heterocycles. The summed E-state index contributed by atoms with van der Waals surface area (Å²) in [6.45, 7) is 2.79. The van der Waals surface area contributed by atoms with Gasteiger partial charge >= 0.3 is 0 Å². The van der Waals surface area contributed by atoms with Crippen LogP contribution in [0.25, 0.3) is 0 Å². The number of aryl methyl sites for hydroxylation is 1. The molecule has 1 unspecified atom stereocenters. The zero-order chi connectivity index (χ0) is 11.8. The highest BCUT2D eigenvalue weighted by atomic mass is 32.1. The van der Waals surface area contributed by atoms with Crippen molar-refractivity contribution in [1.82, 2.24) is 5.32 Å². The number of carbonyl (C=O) groups is 1. The van der Waals surface area contributed by atoms with Crippen LogP contribution in [0.5, 0.6) is 0 Å². The van der Waals surface area contributed by atoms with Gasteiger partial charge < -0.3 is 5.32 Å². The fourth-order valence-corrected chi connectivity index (χ4v) is 3.14. The Hall–Kier alpha value is -1.61. The van der Waals surface area contributed by atoms with Crippen molar-refractivity contribution >= 4 is 17.2 Å². The number of thiophene rings is 1. The van der Waals surface area contributed by atoms with Gasteiger partial charge in [-0.1, -0.05) is 29.8 Å². The molecule has 1 aromatic carbocycles. The smallest absolute Gasteiger partial charge is 0.261 e. The summed E-state index contributed by atoms with van der Waals surface area (Å²) in [7, 11) is 0. The van der Waals surface area contributed by atoms with Crippen molar-refractivity contribution in [2.75, 3.05) is 6.54 Å². The summed E-state index contributed by atoms with van der Waals surface area (Å²) in [4.78, 5) is 12.5. The average molecular weight is 243 g/mol. The van der Waals surface area contributed by atoms with Gasteiger partial charge in [0.15, 0.2) is 0 Å². The Labute approximate surface area is 104 Å². The molecule has 86 valence electrons. The van der Waals surface area contributed by atoms with Gasteiger partial charge in [0, 0.05) is 12.5 Å². The van der Waals surface area contributed by atoms with E-state index in [4.69, 9.17) is 0 Å². The van der Waals surface area contributed by atoms with Crippen LogP contribution >= 0.6 is 11.3 Å². The quantitative estimate of drug-likeness (QED) is 0.819. The molecule has 3 rings (SSSR count). The van der Waals surface area contributed by atoms with Crippen LogP contribution in [0.15, 0.2) is 35.7 Å². The van der Waals surface area contributed by atoms with Crippen molar-refractivity contribution in [2.24, 2.45) is 0 Å². The molecule has 0 aliphatic carbocycles. The minimum absolute atomic E-state index is 0.0679. The number of nitrogens with one attached hydrogen (secondary N) is 1. The molecule has 1 aliphatic heterocycles. The summed E-state index contributed by atoms with van der Waals surface area (Å²) in [5, 5.41) is 4.96. The molecule has 1 atom stereocenters. The van der Waals surface area contributed by atoms with Gasteiger partial charge in [-0.3, -0.25) is 4.79 Å². The number of amides is 1. The maximum Gasteiger partial charge on any atom is 0.261 e. The van der Waals surface area contributed by atoms with Crippen LogP contribution < -0.4 is 5.32 Å². The van der Waals surface area contributed by atoms with E-state index in [-0.39, 0.29) is 5.91 Å². The SMILES string of the molecule is Cc1ccc(C2CNC(=O)c3sccc32)cc1. The van der Waals surface area contributed by atoms with Crippen LogP contribution in [0, 0.1) is 6.92 Å². The van der Waals surface area contributed by atoms with Crippen LogP contribution in [0.1, 0.15) is 32.3 Å². The average Bonchev–Trinajstić information content (AvgIpc) is 2.81. The van der Waals surface area contributed by atoms with Crippen LogP contribution in [-0.4, -0.2) is 12.5 Å². The molecular weight excluding hydrogens is 230 g/mol. The number of hydrogen-bond donors (Lipinski definition) is 1. The summed E-state index contributed by atoms with van der Waals surface area (Å²) >= 11 is 1.52. The van der Waals surface area contributed by atoms with Crippen molar-refractivity contribution in [3.63, 3.8) is 0 Å². The largest absolute Gasteiger partial charge is 0.350 e. The van der Waals surface area contributed by atoms with Crippen LogP contribution in [0.4, 0.5) is 0 Å². The Morgan fingerprint density at radius 2 is 2.00 bits per heavy atom. The first-order valence-electron chi connectivity index (χ1n) is 5.68. The molecule has 0 bridgehead atoms. The zero-order valence-electron chi connectivity index (χ0n) is 9.57. The number of rotatable bonds is 1. The highest BCUT2D eigenvalue weighted by Crippen LogP contribution is 2.33. The Bertz CT molecular complexity index is 556. The van der Waals surface area contributed by atoms with Gasteiger partial charge in [0.05, 0.1) is 4.88 Å². The van der Waals surface area contributed by atoms with Gasteiger partial charge in [-0.15, -0.1) is 11.3 Å². The zero-order valence-corrected chi connectivity index (χ0v) is 10.4. The highest BCUT2D eigenvalue weighted by Gasteiger charge is 2.27. The minimum Gasteiger partial charge on any atom is -0.350 e. The van der Waals surface area contributed by atoms with Crippen LogP contribution in [-0.2, 0) is 0 Å². The second kappa shape index (κ2) is 4.00. The lowest BCUT2D eigenvalue weighted by Gasteiger charge is -2.23. The number of benzene rings is 1. The fourth-order valence-electron chi connectivity index (χ4n) is 2.26. The van der Waals surface area contributed by atoms with Crippen molar-refractivity contribution < 1.29 is 4.79 Å². The predicted molar refractivity (Wildman–Crippen MR) is 69.7 cm³/mol. The van der Waals surface area contributed by atoms with E-state index < -0.39 is 0 Å². The standard InChI is InChI=1S/C14H13NOS/c1-9-2-4-10(5-3-9)12-8-15-14(16)13-11(12)6-7-17-13/h2-7,12H,8H2,1H3,(H,15,16). The lowest BCUT2D eigenvalue weighted by molar-refractivity contribution is 0.0947. The number of hydrogen-bond acceptors (Lipinski definition) is 2. The molecule has 1 aromatic heterocycles. The Kier molecular flexibility index (Phi) is 2.48. The summed E-state index contributed by atoms with van der Waals surface area (Å²) in [5.41, 5.74) is 3.71. The summed E-state index contributed by atoms with van der Waals surface area (Å²) in [6, 6.07) is 10.6. The third-order valence-electron chi connectivity index (χ3n) is 3.22. The highest BCUT2D eigenvalue weighted by molar-refractivity contribution is 7.12. The lowest BCUT2D eigenvalue weighted by Crippen LogP contribution is -2.34. The molecule has 1 aliphatic rings. The molecule has 2 aromatic rings. The summed E-state index contributed by atoms with van der Waals surface area (Å²) in [5.74, 6) is 0.368. The van der Waals surface area contributed by atoms with E-state index in [9.17, 15) is 4.79 Å². The van der Waals surface area contributed by atoms with Gasteiger partial charge in [-0.25, -0.2) is 0 Å². The second-order valence-corrected chi connectivity index (χ2v) is 5.29. The molecule has 0 spiro atoms. The molecule has 17 heavy (non-hydrogen) atoms. The molecule has 0 fully saturated rings. The Morgan fingerprint density at radius 1 is 1.24 bits per heavy atom. The van der Waals surface area contributed by atoms with Crippen molar-refractivity contribution in [2.45, 2.75) is 12.8 Å². The van der Waals surface area contributed by atoms with E-state index in [2.05, 4.69) is 42.6 Å². The first-order chi connectivity index (χ1) is 8.25. The second-order valence-electron chi connectivity index (χ2n) is 4.38. The van der Waals surface area contributed by atoms with E-state index in [0.717, 1.165) is 4.88 Å². The molecule has 2 heterocycles. The van der Waals surface area contributed by atoms with Gasteiger partial charge in [0.1, 0.15) is 0 Å². The third-order valence-corrected chi connectivity index (χ3v) is 4.15. The fraction of sp³-hybridized carbons (Fsp3) is 0.214. The predicted octanol–water partition coefficient (Wildman–Crippen LogP) is 2.93. The van der Waals surface area contributed by atoms with Crippen LogP contribution in [0.3, 0.4) is 0 Å². The molecule has 3 heteroatoms. The number of fused-ring (bicyclic) bond motifs is 1. The maximum absolute atomic E-state index is 11.7. The van der Waals surface area contributed by atoms with E-state index in [1.807, 2.05) is 5.38 Å². The minimum atomic E-state index is 0.0679. The first-order valence-corrected chi connectivity index (χ1v) is 6.56. The molecule has 0 saturated carbocycles. The lowest BCUT2D eigenvalue weighted by atomic mass is 9.89. The molecule has 1 N–H and O–H groups in total. The molecule has 1 amide bonds. The normalized spacial score (nSPS) is 18.6. The maximum atomic E-state index is 11.7. The molecule has 0 radical (unpaired) electrons. The topological polar surface area (TPSA) is 29.1 Å². The summed E-state index contributed by atoms with van der Waals surface area (Å²) < 4.78 is 0. The van der Waals surface area contributed by atoms with E-state index in [1.165, 1.54) is 28.0 Å². The molecular formula is C14H13NOS. The van der Waals surface area contributed by atoms with Gasteiger partial charge in [0.2, 0.25) is 0 Å². The van der Waals surface area contributed by atoms with E-state index in [1.54, 1.807) is 0 Å². The Balaban J connectivity index is 2.04. The van der Waals surface area contributed by atoms with Crippen molar-refractivity contribution in [3.05, 3.63) is 57.3 Å². The van der Waals surface area contributed by atoms with Gasteiger partial charge in [-0.05, 0) is 29.5 Å². The van der Waals surface area contributed by atoms with Crippen molar-refractivity contribution in [1.29, 1.82) is 0 Å². The van der Waals surface area contributed by atoms with Crippen LogP contribution in [0.2, 0.25) is 0 Å². The van der Waals surface area contributed by atoms with E-state index in [0.29, 0.717) is 12.5 Å². The summed E-state index contributed by atoms with van der Waals surface area (Å²) in [6.07, 6.45) is 0.